The van der Waals surface area contributed by atoms with Gasteiger partial charge in [-0.1, -0.05) is 0 Å². The summed E-state index contributed by atoms with van der Waals surface area (Å²) in [5.74, 6) is 1.17. The molecule has 1 aliphatic heterocycles. The highest BCUT2D eigenvalue weighted by atomic mass is 15.3. The lowest BCUT2D eigenvalue weighted by molar-refractivity contribution is 0.371. The zero-order chi connectivity index (χ0) is 13.8. The fraction of sp³-hybridized carbons (Fsp3) is 0.667. The minimum Gasteiger partial charge on any atom is -0.352 e. The van der Waals surface area contributed by atoms with E-state index in [-0.39, 0.29) is 0 Å². The van der Waals surface area contributed by atoms with Crippen molar-refractivity contribution in [2.45, 2.75) is 32.4 Å². The second-order valence-corrected chi connectivity index (χ2v) is 5.77. The first-order chi connectivity index (χ1) is 9.11. The van der Waals surface area contributed by atoms with Gasteiger partial charge in [0.05, 0.1) is 0 Å². The van der Waals surface area contributed by atoms with E-state index < -0.39 is 0 Å². The van der Waals surface area contributed by atoms with Crippen molar-refractivity contribution in [1.82, 2.24) is 15.2 Å². The fourth-order valence-corrected chi connectivity index (χ4v) is 2.95. The van der Waals surface area contributed by atoms with Crippen LogP contribution in [0.15, 0.2) is 12.3 Å². The molecule has 1 aliphatic rings. The van der Waals surface area contributed by atoms with Crippen LogP contribution >= 0.6 is 0 Å². The second-order valence-electron chi connectivity index (χ2n) is 5.77. The van der Waals surface area contributed by atoms with Crippen LogP contribution in [0, 0.1) is 6.92 Å². The van der Waals surface area contributed by atoms with Gasteiger partial charge >= 0.3 is 0 Å². The topological polar surface area (TPSA) is 31.4 Å². The molecule has 4 heteroatoms. The van der Waals surface area contributed by atoms with Crippen molar-refractivity contribution < 1.29 is 0 Å². The van der Waals surface area contributed by atoms with Crippen LogP contribution in [0.5, 0.6) is 0 Å². The SMILES string of the molecule is CNCc1cnc(N2CCCC2CN(C)C)c(C)c1. The molecule has 1 aromatic heterocycles. The molecule has 1 unspecified atom stereocenters. The number of aromatic nitrogens is 1. The molecule has 0 aliphatic carbocycles. The van der Waals surface area contributed by atoms with Crippen molar-refractivity contribution in [2.75, 3.05) is 39.1 Å². The first-order valence-corrected chi connectivity index (χ1v) is 7.13. The van der Waals surface area contributed by atoms with E-state index in [0.717, 1.165) is 19.6 Å². The number of hydrogen-bond donors (Lipinski definition) is 1. The Morgan fingerprint density at radius 1 is 1.47 bits per heavy atom. The number of hydrogen-bond acceptors (Lipinski definition) is 4. The molecule has 1 atom stereocenters. The molecular weight excluding hydrogens is 236 g/mol. The highest BCUT2D eigenvalue weighted by Gasteiger charge is 2.26. The van der Waals surface area contributed by atoms with E-state index in [2.05, 4.69) is 42.2 Å². The monoisotopic (exact) mass is 262 g/mol. The summed E-state index contributed by atoms with van der Waals surface area (Å²) in [6, 6.07) is 2.86. The van der Waals surface area contributed by atoms with E-state index in [1.54, 1.807) is 0 Å². The summed E-state index contributed by atoms with van der Waals surface area (Å²) in [5, 5.41) is 3.17. The predicted molar refractivity (Wildman–Crippen MR) is 80.7 cm³/mol. The number of anilines is 1. The summed E-state index contributed by atoms with van der Waals surface area (Å²) in [4.78, 5) is 9.46. The maximum atomic E-state index is 4.70. The maximum Gasteiger partial charge on any atom is 0.131 e. The Labute approximate surface area is 116 Å². The molecule has 1 N–H and O–H groups in total. The number of pyridine rings is 1. The minimum absolute atomic E-state index is 0.608. The lowest BCUT2D eigenvalue weighted by atomic mass is 10.1. The highest BCUT2D eigenvalue weighted by Crippen LogP contribution is 2.27. The fourth-order valence-electron chi connectivity index (χ4n) is 2.95. The van der Waals surface area contributed by atoms with E-state index in [4.69, 9.17) is 4.98 Å². The van der Waals surface area contributed by atoms with Crippen LogP contribution < -0.4 is 10.2 Å². The Morgan fingerprint density at radius 3 is 2.89 bits per heavy atom. The highest BCUT2D eigenvalue weighted by molar-refractivity contribution is 5.49. The molecule has 0 radical (unpaired) electrons. The molecule has 0 saturated carbocycles. The Kier molecular flexibility index (Phi) is 4.77. The van der Waals surface area contributed by atoms with Crippen LogP contribution in [0.3, 0.4) is 0 Å². The molecule has 19 heavy (non-hydrogen) atoms. The summed E-state index contributed by atoms with van der Waals surface area (Å²) in [5.41, 5.74) is 2.55. The predicted octanol–water partition coefficient (Wildman–Crippen LogP) is 1.64. The number of nitrogens with zero attached hydrogens (tertiary/aromatic N) is 3. The average Bonchev–Trinajstić information content (AvgIpc) is 2.77. The number of nitrogens with one attached hydrogen (secondary N) is 1. The Hall–Kier alpha value is -1.13. The second kappa shape index (κ2) is 6.35. The largest absolute Gasteiger partial charge is 0.352 e. The molecule has 0 spiro atoms. The first-order valence-electron chi connectivity index (χ1n) is 7.13. The van der Waals surface area contributed by atoms with Gasteiger partial charge in [-0.15, -0.1) is 0 Å². The van der Waals surface area contributed by atoms with Crippen molar-refractivity contribution in [1.29, 1.82) is 0 Å². The van der Waals surface area contributed by atoms with Gasteiger partial charge in [0.15, 0.2) is 0 Å². The quantitative estimate of drug-likeness (QED) is 0.874. The molecule has 0 aromatic carbocycles. The molecule has 1 saturated heterocycles. The Morgan fingerprint density at radius 2 is 2.26 bits per heavy atom. The summed E-state index contributed by atoms with van der Waals surface area (Å²) in [6.07, 6.45) is 4.55. The van der Waals surface area contributed by atoms with Crippen LogP contribution in [-0.2, 0) is 6.54 Å². The van der Waals surface area contributed by atoms with Gasteiger partial charge in [0.1, 0.15) is 5.82 Å². The number of rotatable bonds is 5. The molecule has 1 aromatic rings. The van der Waals surface area contributed by atoms with Crippen molar-refractivity contribution in [2.24, 2.45) is 0 Å². The van der Waals surface area contributed by atoms with E-state index in [1.165, 1.54) is 29.8 Å². The Bertz CT molecular complexity index is 417. The zero-order valence-electron chi connectivity index (χ0n) is 12.6. The summed E-state index contributed by atoms with van der Waals surface area (Å²) >= 11 is 0. The minimum atomic E-state index is 0.608. The standard InChI is InChI=1S/C15H26N4/c1-12-8-13(9-16-2)10-17-15(12)19-7-5-6-14(19)11-18(3)4/h8,10,14,16H,5-7,9,11H2,1-4H3. The molecule has 0 bridgehead atoms. The third-order valence-corrected chi connectivity index (χ3v) is 3.71. The van der Waals surface area contributed by atoms with E-state index in [9.17, 15) is 0 Å². The third-order valence-electron chi connectivity index (χ3n) is 3.71. The molecule has 106 valence electrons. The average molecular weight is 262 g/mol. The summed E-state index contributed by atoms with van der Waals surface area (Å²) in [7, 11) is 6.26. The van der Waals surface area contributed by atoms with Gasteiger partial charge in [-0.25, -0.2) is 4.98 Å². The molecule has 4 nitrogen and oxygen atoms in total. The van der Waals surface area contributed by atoms with Crippen LogP contribution in [0.25, 0.3) is 0 Å². The van der Waals surface area contributed by atoms with E-state index in [1.807, 2.05) is 13.2 Å². The van der Waals surface area contributed by atoms with Crippen LogP contribution in [0.1, 0.15) is 24.0 Å². The number of likely N-dealkylation sites (N-methyl/N-ethyl adjacent to an activating group) is 1. The maximum absolute atomic E-state index is 4.70. The van der Waals surface area contributed by atoms with E-state index in [0.29, 0.717) is 6.04 Å². The smallest absolute Gasteiger partial charge is 0.131 e. The van der Waals surface area contributed by atoms with E-state index >= 15 is 0 Å². The van der Waals surface area contributed by atoms with Gasteiger partial charge in [-0.05, 0) is 58.1 Å². The van der Waals surface area contributed by atoms with Gasteiger partial charge < -0.3 is 15.1 Å². The normalized spacial score (nSPS) is 19.4. The summed E-state index contributed by atoms with van der Waals surface area (Å²) < 4.78 is 0. The van der Waals surface area contributed by atoms with Crippen LogP contribution in [-0.4, -0.2) is 50.2 Å². The van der Waals surface area contributed by atoms with Crippen molar-refractivity contribution in [3.8, 4) is 0 Å². The molecule has 2 rings (SSSR count). The number of aryl methyl sites for hydroxylation is 1. The van der Waals surface area contributed by atoms with Crippen molar-refractivity contribution >= 4 is 5.82 Å². The molecule has 1 fully saturated rings. The van der Waals surface area contributed by atoms with Gasteiger partial charge in [-0.3, -0.25) is 0 Å². The van der Waals surface area contributed by atoms with Crippen LogP contribution in [0.4, 0.5) is 5.82 Å². The van der Waals surface area contributed by atoms with Gasteiger partial charge in [-0.2, -0.15) is 0 Å². The lowest BCUT2D eigenvalue weighted by Crippen LogP contribution is -2.38. The molecule has 2 heterocycles. The Balaban J connectivity index is 2.16. The van der Waals surface area contributed by atoms with Gasteiger partial charge in [0.2, 0.25) is 0 Å². The molecule has 0 amide bonds. The van der Waals surface area contributed by atoms with Crippen molar-refractivity contribution in [3.63, 3.8) is 0 Å². The molecular formula is C15H26N4. The van der Waals surface area contributed by atoms with Crippen LogP contribution in [0.2, 0.25) is 0 Å². The van der Waals surface area contributed by atoms with Gasteiger partial charge in [0.25, 0.3) is 0 Å². The summed E-state index contributed by atoms with van der Waals surface area (Å²) in [6.45, 7) is 5.30. The van der Waals surface area contributed by atoms with Crippen molar-refractivity contribution in [3.05, 3.63) is 23.4 Å². The lowest BCUT2D eigenvalue weighted by Gasteiger charge is -2.29. The van der Waals surface area contributed by atoms with Gasteiger partial charge in [0, 0.05) is 31.9 Å². The first kappa shape index (κ1) is 14.3. The third kappa shape index (κ3) is 3.45. The zero-order valence-corrected chi connectivity index (χ0v) is 12.6.